The highest BCUT2D eigenvalue weighted by Crippen LogP contribution is 2.30. The molecule has 0 saturated heterocycles. The van der Waals surface area contributed by atoms with Crippen molar-refractivity contribution in [2.75, 3.05) is 0 Å². The zero-order chi connectivity index (χ0) is 23.5. The molecular weight excluding hydrogens is 420 g/mol. The van der Waals surface area contributed by atoms with Crippen LogP contribution in [0.1, 0.15) is 39.2 Å². The second-order valence-electron chi connectivity index (χ2n) is 8.06. The molecular formula is C23H21F2N3O4. The largest absolute Gasteiger partial charge is 0.460 e. The Bertz CT molecular complexity index is 1270. The summed E-state index contributed by atoms with van der Waals surface area (Å²) < 4.78 is 39.9. The molecule has 3 aromatic rings. The number of rotatable bonds is 6. The quantitative estimate of drug-likeness (QED) is 0.524. The summed E-state index contributed by atoms with van der Waals surface area (Å²) in [5, 5.41) is 9.30. The number of nitrogens with zero attached hydrogens (tertiary/aromatic N) is 3. The Morgan fingerprint density at radius 3 is 2.59 bits per heavy atom. The van der Waals surface area contributed by atoms with E-state index < -0.39 is 28.5 Å². The summed E-state index contributed by atoms with van der Waals surface area (Å²) in [5.74, 6) is -2.70. The number of aromatic nitrogens is 2. The maximum absolute atomic E-state index is 14.1. The average molecular weight is 441 g/mol. The van der Waals surface area contributed by atoms with Crippen molar-refractivity contribution in [1.82, 2.24) is 9.55 Å². The summed E-state index contributed by atoms with van der Waals surface area (Å²) in [4.78, 5) is 28.9. The molecule has 0 N–H and O–H groups in total. The maximum Gasteiger partial charge on any atom is 0.306 e. The van der Waals surface area contributed by atoms with Gasteiger partial charge in [-0.25, -0.2) is 13.8 Å². The van der Waals surface area contributed by atoms with Crippen LogP contribution in [0.2, 0.25) is 0 Å². The van der Waals surface area contributed by atoms with Gasteiger partial charge in [0, 0.05) is 13.0 Å². The summed E-state index contributed by atoms with van der Waals surface area (Å²) in [6, 6.07) is 7.55. The number of hydrogen-bond acceptors (Lipinski definition) is 6. The van der Waals surface area contributed by atoms with E-state index >= 15 is 0 Å². The van der Waals surface area contributed by atoms with Gasteiger partial charge in [0.15, 0.2) is 11.6 Å². The van der Waals surface area contributed by atoms with Crippen molar-refractivity contribution in [2.45, 2.75) is 45.8 Å². The lowest BCUT2D eigenvalue weighted by Gasteiger charge is -2.19. The second kappa shape index (κ2) is 9.14. The molecule has 0 spiro atoms. The number of nitriles is 1. The lowest BCUT2D eigenvalue weighted by Crippen LogP contribution is -2.25. The van der Waals surface area contributed by atoms with Crippen LogP contribution in [0.25, 0.3) is 10.9 Å². The summed E-state index contributed by atoms with van der Waals surface area (Å²) in [6.45, 7) is 5.57. The van der Waals surface area contributed by atoms with E-state index in [1.165, 1.54) is 29.1 Å². The molecule has 0 bridgehead atoms. The summed E-state index contributed by atoms with van der Waals surface area (Å²) in [6.07, 6.45) is 1.89. The van der Waals surface area contributed by atoms with Gasteiger partial charge >= 0.3 is 5.97 Å². The number of benzene rings is 2. The Morgan fingerprint density at radius 2 is 1.91 bits per heavy atom. The molecule has 0 aliphatic carbocycles. The molecule has 1 heterocycles. The van der Waals surface area contributed by atoms with Gasteiger partial charge in [-0.2, -0.15) is 5.26 Å². The Kier molecular flexibility index (Phi) is 6.53. The second-order valence-corrected chi connectivity index (χ2v) is 8.06. The van der Waals surface area contributed by atoms with Crippen LogP contribution in [0.5, 0.6) is 11.5 Å². The van der Waals surface area contributed by atoms with Crippen LogP contribution >= 0.6 is 0 Å². The van der Waals surface area contributed by atoms with Gasteiger partial charge in [-0.15, -0.1) is 0 Å². The molecule has 32 heavy (non-hydrogen) atoms. The van der Waals surface area contributed by atoms with Crippen LogP contribution in [-0.2, 0) is 16.1 Å². The number of aryl methyl sites for hydroxylation is 1. The highest BCUT2D eigenvalue weighted by atomic mass is 19.1. The molecule has 7 nitrogen and oxygen atoms in total. The molecule has 0 atom stereocenters. The third-order valence-corrected chi connectivity index (χ3v) is 4.39. The third kappa shape index (κ3) is 5.27. The van der Waals surface area contributed by atoms with Crippen LogP contribution in [0.4, 0.5) is 8.78 Å². The molecule has 0 fully saturated rings. The molecule has 0 aliphatic rings. The maximum atomic E-state index is 14.1. The van der Waals surface area contributed by atoms with Crippen LogP contribution < -0.4 is 10.3 Å². The van der Waals surface area contributed by atoms with Crippen molar-refractivity contribution in [1.29, 1.82) is 5.26 Å². The molecule has 166 valence electrons. The lowest BCUT2D eigenvalue weighted by atomic mass is 10.2. The number of carbonyl (C=O) groups is 1. The zero-order valence-corrected chi connectivity index (χ0v) is 17.8. The minimum atomic E-state index is -0.918. The van der Waals surface area contributed by atoms with Crippen molar-refractivity contribution in [3.05, 3.63) is 64.2 Å². The number of fused-ring (bicyclic) bond motifs is 1. The third-order valence-electron chi connectivity index (χ3n) is 4.39. The molecule has 3 rings (SSSR count). The molecule has 0 amide bonds. The van der Waals surface area contributed by atoms with Gasteiger partial charge in [0.25, 0.3) is 5.56 Å². The fourth-order valence-corrected chi connectivity index (χ4v) is 3.00. The van der Waals surface area contributed by atoms with Crippen molar-refractivity contribution in [2.24, 2.45) is 0 Å². The monoisotopic (exact) mass is 441 g/mol. The lowest BCUT2D eigenvalue weighted by molar-refractivity contribution is -0.154. The van der Waals surface area contributed by atoms with E-state index in [4.69, 9.17) is 14.7 Å². The van der Waals surface area contributed by atoms with E-state index in [0.717, 1.165) is 12.1 Å². The fraction of sp³-hybridized carbons (Fsp3) is 0.304. The number of ether oxygens (including phenoxy) is 2. The van der Waals surface area contributed by atoms with Crippen LogP contribution in [0.3, 0.4) is 0 Å². The van der Waals surface area contributed by atoms with E-state index in [9.17, 15) is 18.4 Å². The molecule has 2 aromatic carbocycles. The zero-order valence-electron chi connectivity index (χ0n) is 17.8. The van der Waals surface area contributed by atoms with Crippen molar-refractivity contribution in [3.63, 3.8) is 0 Å². The van der Waals surface area contributed by atoms with Crippen LogP contribution in [0, 0.1) is 23.0 Å². The van der Waals surface area contributed by atoms with Gasteiger partial charge in [0.05, 0.1) is 17.2 Å². The van der Waals surface area contributed by atoms with E-state index in [0.29, 0.717) is 11.9 Å². The van der Waals surface area contributed by atoms with Crippen molar-refractivity contribution >= 4 is 16.9 Å². The first-order valence-electron chi connectivity index (χ1n) is 9.86. The van der Waals surface area contributed by atoms with Gasteiger partial charge in [0.2, 0.25) is 0 Å². The topological polar surface area (TPSA) is 94.2 Å². The summed E-state index contributed by atoms with van der Waals surface area (Å²) >= 11 is 0. The summed E-state index contributed by atoms with van der Waals surface area (Å²) in [7, 11) is 0. The van der Waals surface area contributed by atoms with E-state index in [-0.39, 0.29) is 35.6 Å². The van der Waals surface area contributed by atoms with Gasteiger partial charge in [-0.1, -0.05) is 0 Å². The Labute approximate surface area is 182 Å². The van der Waals surface area contributed by atoms with E-state index in [1.54, 1.807) is 26.8 Å². The first kappa shape index (κ1) is 22.9. The molecule has 0 radical (unpaired) electrons. The molecule has 1 aromatic heterocycles. The Morgan fingerprint density at radius 1 is 1.19 bits per heavy atom. The Balaban J connectivity index is 1.83. The molecule has 9 heteroatoms. The first-order valence-corrected chi connectivity index (χ1v) is 9.86. The van der Waals surface area contributed by atoms with Crippen LogP contribution in [0.15, 0.2) is 41.5 Å². The fourth-order valence-electron chi connectivity index (χ4n) is 3.00. The normalized spacial score (nSPS) is 11.2. The SMILES string of the molecule is CC(C)(C)OC(=O)CCCn1cnc2ccc(Oc3c(F)ccc(F)c3C#N)cc2c1=O. The minimum absolute atomic E-state index is 0.0453. The average Bonchev–Trinajstić information content (AvgIpc) is 2.71. The summed E-state index contributed by atoms with van der Waals surface area (Å²) in [5.41, 5.74) is -1.16. The highest BCUT2D eigenvalue weighted by Gasteiger charge is 2.18. The standard InChI is InChI=1S/C23H21F2N3O4/c1-23(2,3)32-20(29)5-4-10-28-13-27-19-9-6-14(11-15(19)22(28)30)31-21-16(12-26)17(24)7-8-18(21)25/h6-9,11,13H,4-5,10H2,1-3H3. The predicted octanol–water partition coefficient (Wildman–Crippen LogP) is 4.46. The van der Waals surface area contributed by atoms with Crippen molar-refractivity contribution < 1.29 is 23.0 Å². The van der Waals surface area contributed by atoms with E-state index in [2.05, 4.69) is 4.98 Å². The predicted molar refractivity (Wildman–Crippen MR) is 112 cm³/mol. The number of hydrogen-bond donors (Lipinski definition) is 0. The number of halogens is 2. The highest BCUT2D eigenvalue weighted by molar-refractivity contribution is 5.79. The molecule has 0 unspecified atom stereocenters. The van der Waals surface area contributed by atoms with Gasteiger partial charge in [-0.05, 0) is 57.5 Å². The van der Waals surface area contributed by atoms with E-state index in [1.807, 2.05) is 0 Å². The molecule has 0 saturated carbocycles. The smallest absolute Gasteiger partial charge is 0.306 e. The first-order chi connectivity index (χ1) is 15.1. The number of esters is 1. The van der Waals surface area contributed by atoms with Gasteiger partial charge in [-0.3, -0.25) is 14.2 Å². The Hall–Kier alpha value is -3.80. The minimum Gasteiger partial charge on any atom is -0.460 e. The van der Waals surface area contributed by atoms with Crippen LogP contribution in [-0.4, -0.2) is 21.1 Å². The number of carbonyl (C=O) groups excluding carboxylic acids is 1. The van der Waals surface area contributed by atoms with Gasteiger partial charge < -0.3 is 9.47 Å². The van der Waals surface area contributed by atoms with Gasteiger partial charge in [0.1, 0.15) is 28.8 Å². The molecule has 0 aliphatic heterocycles. The van der Waals surface area contributed by atoms with Crippen molar-refractivity contribution in [3.8, 4) is 17.6 Å².